The van der Waals surface area contributed by atoms with Crippen molar-refractivity contribution >= 4 is 17.3 Å². The zero-order valence-electron chi connectivity index (χ0n) is 12.0. The minimum atomic E-state index is -0.151. The molecule has 1 aliphatic rings. The Morgan fingerprint density at radius 1 is 1.19 bits per heavy atom. The number of aromatic nitrogens is 2. The number of hydrogen-bond donors (Lipinski definition) is 0. The van der Waals surface area contributed by atoms with Crippen LogP contribution < -0.4 is 4.90 Å². The molecule has 21 heavy (non-hydrogen) atoms. The third-order valence-electron chi connectivity index (χ3n) is 3.96. The largest absolute Gasteiger partial charge is 0.367 e. The zero-order chi connectivity index (χ0) is 14.8. The van der Waals surface area contributed by atoms with E-state index in [1.54, 1.807) is 12.3 Å². The average molecular weight is 309 g/mol. The number of imidazole rings is 1. The number of anilines is 1. The van der Waals surface area contributed by atoms with Crippen LogP contribution in [-0.2, 0) is 13.6 Å². The summed E-state index contributed by atoms with van der Waals surface area (Å²) in [7, 11) is 1.92. The van der Waals surface area contributed by atoms with Gasteiger partial charge in [-0.25, -0.2) is 9.37 Å². The Bertz CT molecular complexity index is 620. The molecule has 0 aliphatic carbocycles. The first-order chi connectivity index (χ1) is 10.1. The van der Waals surface area contributed by atoms with Crippen molar-refractivity contribution in [3.63, 3.8) is 0 Å². The van der Waals surface area contributed by atoms with E-state index >= 15 is 0 Å². The van der Waals surface area contributed by atoms with Crippen molar-refractivity contribution in [2.24, 2.45) is 7.05 Å². The van der Waals surface area contributed by atoms with Gasteiger partial charge in [0.2, 0.25) is 0 Å². The Morgan fingerprint density at radius 2 is 1.90 bits per heavy atom. The number of piperazine rings is 1. The molecule has 3 rings (SSSR count). The maximum atomic E-state index is 13.8. The van der Waals surface area contributed by atoms with E-state index in [9.17, 15) is 4.39 Å². The highest BCUT2D eigenvalue weighted by Crippen LogP contribution is 2.20. The summed E-state index contributed by atoms with van der Waals surface area (Å²) in [5, 5.41) is 0.648. The van der Waals surface area contributed by atoms with Crippen LogP contribution in [0.5, 0.6) is 0 Å². The predicted octanol–water partition coefficient (Wildman–Crippen LogP) is 2.53. The third kappa shape index (κ3) is 3.04. The quantitative estimate of drug-likeness (QED) is 0.871. The van der Waals surface area contributed by atoms with Gasteiger partial charge in [-0.05, 0) is 12.1 Å². The smallest absolute Gasteiger partial charge is 0.146 e. The Labute approximate surface area is 128 Å². The lowest BCUT2D eigenvalue weighted by Gasteiger charge is -2.36. The number of benzene rings is 1. The van der Waals surface area contributed by atoms with E-state index in [0.717, 1.165) is 38.5 Å². The monoisotopic (exact) mass is 308 g/mol. The second-order valence-electron chi connectivity index (χ2n) is 5.27. The highest BCUT2D eigenvalue weighted by atomic mass is 35.5. The fourth-order valence-corrected chi connectivity index (χ4v) is 2.77. The van der Waals surface area contributed by atoms with Crippen LogP contribution in [0.1, 0.15) is 5.82 Å². The molecule has 1 aromatic carbocycles. The van der Waals surface area contributed by atoms with Crippen LogP contribution in [0.3, 0.4) is 0 Å². The van der Waals surface area contributed by atoms with Gasteiger partial charge in [-0.2, -0.15) is 0 Å². The Hall–Kier alpha value is -1.59. The lowest BCUT2D eigenvalue weighted by Crippen LogP contribution is -2.46. The molecule has 1 saturated heterocycles. The molecule has 2 aromatic rings. The van der Waals surface area contributed by atoms with Crippen LogP contribution in [0.2, 0.25) is 5.15 Å². The molecule has 4 nitrogen and oxygen atoms in total. The van der Waals surface area contributed by atoms with E-state index in [0.29, 0.717) is 10.8 Å². The minimum absolute atomic E-state index is 0.151. The standard InChI is InChI=1S/C15H18ClFN4/c1-19-14(16)10-18-15(19)11-20-6-8-21(9-7-20)13-5-3-2-4-12(13)17/h2-5,10H,6-9,11H2,1H3. The van der Waals surface area contributed by atoms with Gasteiger partial charge < -0.3 is 9.47 Å². The number of hydrogen-bond acceptors (Lipinski definition) is 3. The van der Waals surface area contributed by atoms with Crippen molar-refractivity contribution in [1.82, 2.24) is 14.5 Å². The Morgan fingerprint density at radius 3 is 2.52 bits per heavy atom. The SMILES string of the molecule is Cn1c(Cl)cnc1CN1CCN(c2ccccc2F)CC1. The molecule has 0 atom stereocenters. The van der Waals surface area contributed by atoms with Crippen LogP contribution in [0, 0.1) is 5.82 Å². The molecule has 1 aliphatic heterocycles. The Kier molecular flexibility index (Phi) is 4.12. The van der Waals surface area contributed by atoms with Gasteiger partial charge in [-0.15, -0.1) is 0 Å². The summed E-state index contributed by atoms with van der Waals surface area (Å²) in [6.07, 6.45) is 1.67. The molecule has 1 fully saturated rings. The van der Waals surface area contributed by atoms with Crippen molar-refractivity contribution in [3.8, 4) is 0 Å². The first-order valence-electron chi connectivity index (χ1n) is 7.03. The number of rotatable bonds is 3. The fourth-order valence-electron chi connectivity index (χ4n) is 2.63. The van der Waals surface area contributed by atoms with Crippen molar-refractivity contribution < 1.29 is 4.39 Å². The van der Waals surface area contributed by atoms with Gasteiger partial charge in [0.05, 0.1) is 18.4 Å². The molecule has 0 spiro atoms. The first kappa shape index (κ1) is 14.4. The van der Waals surface area contributed by atoms with Crippen LogP contribution >= 0.6 is 11.6 Å². The van der Waals surface area contributed by atoms with Gasteiger partial charge in [0.1, 0.15) is 16.8 Å². The van der Waals surface area contributed by atoms with E-state index in [1.807, 2.05) is 23.7 Å². The summed E-state index contributed by atoms with van der Waals surface area (Å²) in [5.41, 5.74) is 0.692. The van der Waals surface area contributed by atoms with Gasteiger partial charge in [0, 0.05) is 33.2 Å². The lowest BCUT2D eigenvalue weighted by atomic mass is 10.2. The summed E-state index contributed by atoms with van der Waals surface area (Å²) in [6, 6.07) is 6.95. The minimum Gasteiger partial charge on any atom is -0.367 e. The number of halogens is 2. The van der Waals surface area contributed by atoms with Gasteiger partial charge in [0.15, 0.2) is 0 Å². The zero-order valence-corrected chi connectivity index (χ0v) is 12.7. The molecule has 0 N–H and O–H groups in total. The summed E-state index contributed by atoms with van der Waals surface area (Å²) in [5.74, 6) is 0.807. The van der Waals surface area contributed by atoms with E-state index in [4.69, 9.17) is 11.6 Å². The lowest BCUT2D eigenvalue weighted by molar-refractivity contribution is 0.241. The molecule has 1 aromatic heterocycles. The predicted molar refractivity (Wildman–Crippen MR) is 82.1 cm³/mol. The molecular weight excluding hydrogens is 291 g/mol. The maximum absolute atomic E-state index is 13.8. The van der Waals surface area contributed by atoms with Crippen LogP contribution in [0.25, 0.3) is 0 Å². The van der Waals surface area contributed by atoms with Crippen molar-refractivity contribution in [3.05, 3.63) is 47.3 Å². The van der Waals surface area contributed by atoms with E-state index in [-0.39, 0.29) is 5.82 Å². The van der Waals surface area contributed by atoms with E-state index in [2.05, 4.69) is 14.8 Å². The summed E-state index contributed by atoms with van der Waals surface area (Å²) < 4.78 is 15.7. The number of nitrogens with zero attached hydrogens (tertiary/aromatic N) is 4. The molecule has 0 saturated carbocycles. The highest BCUT2D eigenvalue weighted by Gasteiger charge is 2.20. The maximum Gasteiger partial charge on any atom is 0.146 e. The molecular formula is C15H18ClFN4. The van der Waals surface area contributed by atoms with Gasteiger partial charge >= 0.3 is 0 Å². The van der Waals surface area contributed by atoms with Crippen LogP contribution in [-0.4, -0.2) is 40.6 Å². The third-order valence-corrected chi connectivity index (χ3v) is 4.31. The van der Waals surface area contributed by atoms with E-state index < -0.39 is 0 Å². The van der Waals surface area contributed by atoms with Gasteiger partial charge in [0.25, 0.3) is 0 Å². The van der Waals surface area contributed by atoms with Crippen LogP contribution in [0.15, 0.2) is 30.5 Å². The van der Waals surface area contributed by atoms with Crippen LogP contribution in [0.4, 0.5) is 10.1 Å². The summed E-state index contributed by atoms with van der Waals surface area (Å²) in [6.45, 7) is 4.18. The number of para-hydroxylation sites is 1. The normalized spacial score (nSPS) is 16.4. The summed E-state index contributed by atoms with van der Waals surface area (Å²) >= 11 is 6.00. The van der Waals surface area contributed by atoms with Gasteiger partial charge in [-0.1, -0.05) is 23.7 Å². The molecule has 2 heterocycles. The molecule has 6 heteroatoms. The first-order valence-corrected chi connectivity index (χ1v) is 7.41. The van der Waals surface area contributed by atoms with Crippen molar-refractivity contribution in [2.45, 2.75) is 6.54 Å². The molecule has 0 amide bonds. The molecule has 0 bridgehead atoms. The van der Waals surface area contributed by atoms with Gasteiger partial charge in [-0.3, -0.25) is 4.90 Å². The fraction of sp³-hybridized carbons (Fsp3) is 0.400. The molecule has 0 radical (unpaired) electrons. The topological polar surface area (TPSA) is 24.3 Å². The molecule has 0 unspecified atom stereocenters. The second kappa shape index (κ2) is 6.03. The average Bonchev–Trinajstić information content (AvgIpc) is 2.81. The van der Waals surface area contributed by atoms with Crippen molar-refractivity contribution in [2.75, 3.05) is 31.1 Å². The molecule has 112 valence electrons. The summed E-state index contributed by atoms with van der Waals surface area (Å²) in [4.78, 5) is 8.73. The van der Waals surface area contributed by atoms with Crippen molar-refractivity contribution in [1.29, 1.82) is 0 Å². The highest BCUT2D eigenvalue weighted by molar-refractivity contribution is 6.29. The second-order valence-corrected chi connectivity index (χ2v) is 5.66. The van der Waals surface area contributed by atoms with E-state index in [1.165, 1.54) is 6.07 Å². The Balaban J connectivity index is 1.61.